The number of hydrogen-bond donors (Lipinski definition) is 1. The third kappa shape index (κ3) is 4.90. The van der Waals surface area contributed by atoms with E-state index in [-0.39, 0.29) is 0 Å². The van der Waals surface area contributed by atoms with Gasteiger partial charge in [-0.2, -0.15) is 0 Å². The Kier molecular flexibility index (Phi) is 5.71. The zero-order valence-electron chi connectivity index (χ0n) is 10.3. The molecule has 0 radical (unpaired) electrons. The summed E-state index contributed by atoms with van der Waals surface area (Å²) in [5.41, 5.74) is 1.35. The van der Waals surface area contributed by atoms with Crippen molar-refractivity contribution in [2.24, 2.45) is 0 Å². The van der Waals surface area contributed by atoms with Crippen LogP contribution in [0.3, 0.4) is 0 Å². The first-order chi connectivity index (χ1) is 7.59. The van der Waals surface area contributed by atoms with Crippen molar-refractivity contribution in [3.63, 3.8) is 0 Å². The van der Waals surface area contributed by atoms with Crippen LogP contribution in [0.4, 0.5) is 0 Å². The summed E-state index contributed by atoms with van der Waals surface area (Å²) >= 11 is 0. The Hall–Kier alpha value is -0.670. The van der Waals surface area contributed by atoms with Gasteiger partial charge in [-0.1, -0.05) is 37.3 Å². The molecular formula is C13H21NOS. The highest BCUT2D eigenvalue weighted by Crippen LogP contribution is 2.13. The van der Waals surface area contributed by atoms with Crippen LogP contribution in [0.5, 0.6) is 0 Å². The summed E-state index contributed by atoms with van der Waals surface area (Å²) < 4.78 is 11.0. The zero-order chi connectivity index (χ0) is 12.0. The van der Waals surface area contributed by atoms with Gasteiger partial charge in [0.2, 0.25) is 0 Å². The standard InChI is InChI=1S/C13H21NOS/c1-11(13-7-5-4-6-8-13)9-14-12(2)10-16(3)15/h4-8,11-12,14H,9-10H2,1-3H3. The molecule has 0 saturated heterocycles. The Bertz CT molecular complexity index is 326. The molecule has 3 atom stereocenters. The van der Waals surface area contributed by atoms with Crippen molar-refractivity contribution in [2.75, 3.05) is 18.6 Å². The Labute approximate surface area is 101 Å². The zero-order valence-corrected chi connectivity index (χ0v) is 11.1. The minimum Gasteiger partial charge on any atom is -0.313 e. The second-order valence-electron chi connectivity index (χ2n) is 4.36. The van der Waals surface area contributed by atoms with Crippen molar-refractivity contribution in [1.82, 2.24) is 5.32 Å². The van der Waals surface area contributed by atoms with Crippen LogP contribution >= 0.6 is 0 Å². The number of hydrogen-bond acceptors (Lipinski definition) is 2. The number of benzene rings is 1. The molecule has 0 heterocycles. The van der Waals surface area contributed by atoms with E-state index >= 15 is 0 Å². The van der Waals surface area contributed by atoms with Gasteiger partial charge in [-0.05, 0) is 18.4 Å². The quantitative estimate of drug-likeness (QED) is 0.824. The molecule has 0 spiro atoms. The van der Waals surface area contributed by atoms with Gasteiger partial charge in [0, 0.05) is 35.4 Å². The fraction of sp³-hybridized carbons (Fsp3) is 0.538. The first-order valence-electron chi connectivity index (χ1n) is 5.68. The highest BCUT2D eigenvalue weighted by Gasteiger charge is 2.08. The van der Waals surface area contributed by atoms with E-state index in [4.69, 9.17) is 0 Å². The predicted octanol–water partition coefficient (Wildman–Crippen LogP) is 2.15. The van der Waals surface area contributed by atoms with Gasteiger partial charge in [0.05, 0.1) is 0 Å². The monoisotopic (exact) mass is 239 g/mol. The lowest BCUT2D eigenvalue weighted by atomic mass is 10.0. The highest BCUT2D eigenvalue weighted by atomic mass is 32.2. The summed E-state index contributed by atoms with van der Waals surface area (Å²) in [5.74, 6) is 1.22. The van der Waals surface area contributed by atoms with E-state index in [1.807, 2.05) is 6.07 Å². The lowest BCUT2D eigenvalue weighted by Gasteiger charge is -2.17. The largest absolute Gasteiger partial charge is 0.313 e. The van der Waals surface area contributed by atoms with Gasteiger partial charge in [-0.15, -0.1) is 0 Å². The third-order valence-corrected chi connectivity index (χ3v) is 3.60. The van der Waals surface area contributed by atoms with Gasteiger partial charge >= 0.3 is 0 Å². The van der Waals surface area contributed by atoms with E-state index in [2.05, 4.69) is 43.4 Å². The van der Waals surface area contributed by atoms with Crippen molar-refractivity contribution >= 4 is 10.8 Å². The summed E-state index contributed by atoms with van der Waals surface area (Å²) in [7, 11) is -0.717. The number of rotatable bonds is 6. The summed E-state index contributed by atoms with van der Waals surface area (Å²) in [6.45, 7) is 5.22. The normalized spacial score (nSPS) is 16.7. The fourth-order valence-corrected chi connectivity index (χ4v) is 2.51. The molecule has 0 saturated carbocycles. The highest BCUT2D eigenvalue weighted by molar-refractivity contribution is 7.84. The average Bonchev–Trinajstić information content (AvgIpc) is 2.26. The molecule has 3 unspecified atom stereocenters. The lowest BCUT2D eigenvalue weighted by molar-refractivity contribution is 0.549. The minimum atomic E-state index is -0.717. The van der Waals surface area contributed by atoms with Crippen LogP contribution in [-0.4, -0.2) is 28.8 Å². The van der Waals surface area contributed by atoms with Gasteiger partial charge in [0.15, 0.2) is 0 Å². The van der Waals surface area contributed by atoms with Crippen molar-refractivity contribution in [1.29, 1.82) is 0 Å². The van der Waals surface area contributed by atoms with Crippen LogP contribution in [0.25, 0.3) is 0 Å². The minimum absolute atomic E-state index is 0.317. The van der Waals surface area contributed by atoms with Gasteiger partial charge in [-0.3, -0.25) is 4.21 Å². The van der Waals surface area contributed by atoms with Gasteiger partial charge < -0.3 is 5.32 Å². The Morgan fingerprint density at radius 3 is 2.44 bits per heavy atom. The summed E-state index contributed by atoms with van der Waals surface area (Å²) in [6, 6.07) is 10.8. The van der Waals surface area contributed by atoms with Crippen LogP contribution in [0, 0.1) is 0 Å². The second-order valence-corrected chi connectivity index (χ2v) is 5.84. The van der Waals surface area contributed by atoms with Crippen molar-refractivity contribution < 1.29 is 4.21 Å². The fourth-order valence-electron chi connectivity index (χ4n) is 1.69. The average molecular weight is 239 g/mol. The molecule has 0 aromatic heterocycles. The molecule has 2 nitrogen and oxygen atoms in total. The van der Waals surface area contributed by atoms with E-state index in [0.29, 0.717) is 12.0 Å². The topological polar surface area (TPSA) is 29.1 Å². The maximum atomic E-state index is 11.0. The SMILES string of the molecule is CC(CS(C)=O)NCC(C)c1ccccc1. The molecule has 0 bridgehead atoms. The van der Waals surface area contributed by atoms with Crippen LogP contribution < -0.4 is 5.32 Å². The summed E-state index contributed by atoms with van der Waals surface area (Å²) in [5, 5.41) is 3.42. The molecule has 0 aliphatic carbocycles. The Balaban J connectivity index is 2.35. The smallest absolute Gasteiger partial charge is 0.0383 e. The molecule has 0 amide bonds. The summed E-state index contributed by atoms with van der Waals surface area (Å²) in [4.78, 5) is 0. The molecule has 3 heteroatoms. The van der Waals surface area contributed by atoms with Crippen molar-refractivity contribution in [2.45, 2.75) is 25.8 Å². The van der Waals surface area contributed by atoms with E-state index in [1.165, 1.54) is 5.56 Å². The molecule has 0 fully saturated rings. The molecule has 90 valence electrons. The van der Waals surface area contributed by atoms with E-state index < -0.39 is 10.8 Å². The van der Waals surface area contributed by atoms with Crippen LogP contribution in [0.1, 0.15) is 25.3 Å². The number of nitrogens with one attached hydrogen (secondary N) is 1. The maximum absolute atomic E-state index is 11.0. The molecular weight excluding hydrogens is 218 g/mol. The van der Waals surface area contributed by atoms with Crippen LogP contribution in [0.2, 0.25) is 0 Å². The van der Waals surface area contributed by atoms with Crippen LogP contribution in [-0.2, 0) is 10.8 Å². The van der Waals surface area contributed by atoms with Crippen molar-refractivity contribution in [3.05, 3.63) is 35.9 Å². The van der Waals surface area contributed by atoms with Crippen LogP contribution in [0.15, 0.2) is 30.3 Å². The molecule has 16 heavy (non-hydrogen) atoms. The van der Waals surface area contributed by atoms with E-state index in [9.17, 15) is 4.21 Å². The Morgan fingerprint density at radius 1 is 1.25 bits per heavy atom. The van der Waals surface area contributed by atoms with E-state index in [1.54, 1.807) is 6.26 Å². The molecule has 1 aromatic rings. The van der Waals surface area contributed by atoms with Gasteiger partial charge in [0.25, 0.3) is 0 Å². The maximum Gasteiger partial charge on any atom is 0.0383 e. The molecule has 1 N–H and O–H groups in total. The Morgan fingerprint density at radius 2 is 1.88 bits per heavy atom. The first-order valence-corrected chi connectivity index (χ1v) is 7.40. The van der Waals surface area contributed by atoms with Crippen molar-refractivity contribution in [3.8, 4) is 0 Å². The molecule has 1 rings (SSSR count). The molecule has 0 aliphatic heterocycles. The summed E-state index contributed by atoms with van der Waals surface area (Å²) in [6.07, 6.45) is 1.75. The second kappa shape index (κ2) is 6.81. The molecule has 1 aromatic carbocycles. The third-order valence-electron chi connectivity index (χ3n) is 2.63. The first kappa shape index (κ1) is 13.4. The van der Waals surface area contributed by atoms with E-state index in [0.717, 1.165) is 12.3 Å². The van der Waals surface area contributed by atoms with Gasteiger partial charge in [0.1, 0.15) is 0 Å². The van der Waals surface area contributed by atoms with Gasteiger partial charge in [-0.25, -0.2) is 0 Å². The molecule has 0 aliphatic rings. The predicted molar refractivity (Wildman–Crippen MR) is 71.3 cm³/mol. The lowest BCUT2D eigenvalue weighted by Crippen LogP contribution is -2.33.